The van der Waals surface area contributed by atoms with Gasteiger partial charge in [0.2, 0.25) is 0 Å². The molecule has 71 heavy (non-hydrogen) atoms. The smallest absolute Gasteiger partial charge is 0.303 e. The fourth-order valence-corrected chi connectivity index (χ4v) is 2.48. The number of rotatable bonds is 2. The maximum Gasteiger partial charge on any atom is 0.303 e. The molecule has 0 heterocycles. The molecule has 32 heteroatoms. The summed E-state index contributed by atoms with van der Waals surface area (Å²) in [6.45, 7) is 39.8. The van der Waals surface area contributed by atoms with Crippen molar-refractivity contribution in [2.45, 2.75) is 208 Å². The normalized spacial score (nSPS) is 9.79. The zero-order chi connectivity index (χ0) is 48.3. The van der Waals surface area contributed by atoms with Crippen LogP contribution in [-0.2, 0) is 66.4 Å². The predicted molar refractivity (Wildman–Crippen MR) is 355 cm³/mol. The van der Waals surface area contributed by atoms with Crippen molar-refractivity contribution >= 4 is 208 Å². The second-order valence-electron chi connectivity index (χ2n) is 17.9. The van der Waals surface area contributed by atoms with Crippen LogP contribution in [0.5, 0.6) is 0 Å². The highest BCUT2D eigenvalue weighted by Crippen LogP contribution is 2.10. The lowest BCUT2D eigenvalue weighted by atomic mass is 10.2. The Balaban J connectivity index is -0.0000000210. The number of hydrogen-bond acceptors (Lipinski definition) is 17. The van der Waals surface area contributed by atoms with Gasteiger partial charge in [0, 0.05) is 52.7 Å². The fraction of sp³-hybridized carbons (Fsp3) is 0.846. The van der Waals surface area contributed by atoms with Gasteiger partial charge in [0.05, 0.1) is 0 Å². The molecule has 19 nitrogen and oxygen atoms in total. The lowest BCUT2D eigenvalue weighted by molar-refractivity contribution is -0.260. The van der Waals surface area contributed by atoms with Gasteiger partial charge in [-0.15, -0.1) is 9.44 Å². The number of ether oxygens (including phenoxy) is 6. The highest BCUT2D eigenvalue weighted by molar-refractivity contribution is 8.09. The maximum atomic E-state index is 10.5. The molecule has 0 fully saturated rings. The molecular formula is C39H110N3O16S13-. The van der Waals surface area contributed by atoms with E-state index in [1.165, 1.54) is 34.6 Å². The van der Waals surface area contributed by atoms with Crippen molar-refractivity contribution in [3.8, 4) is 0 Å². The van der Waals surface area contributed by atoms with Gasteiger partial charge in [-0.25, -0.2) is 9.47 Å². The molecule has 0 aromatic carbocycles. The molecule has 0 spiro atoms. The minimum Gasteiger partial charge on any atom is -0.593 e. The average Bonchev–Trinajstić information content (AvgIpc) is 2.76. The Morgan fingerprint density at radius 2 is 0.521 bits per heavy atom. The molecule has 0 aromatic rings. The zero-order valence-corrected chi connectivity index (χ0v) is 58.2. The highest BCUT2D eigenvalue weighted by atomic mass is 32.3. The molecule has 0 rings (SSSR count). The third kappa shape index (κ3) is 235. The Bertz CT molecular complexity index is 1160. The van der Waals surface area contributed by atoms with Crippen molar-refractivity contribution in [2.75, 3.05) is 12.5 Å². The third-order valence-corrected chi connectivity index (χ3v) is 3.41. The number of hydrogen-bond donors (Lipinski definition) is 3. The van der Waals surface area contributed by atoms with Crippen molar-refractivity contribution < 1.29 is 75.9 Å². The summed E-state index contributed by atoms with van der Waals surface area (Å²) < 4.78 is 50.5. The summed E-state index contributed by atoms with van der Waals surface area (Å²) in [6.07, 6.45) is 0.969. The molecule has 456 valence electrons. The average molecular weight is 1290 g/mol. The number of carbonyl (C=O) groups excluding carboxylic acids is 5. The largest absolute Gasteiger partial charge is 0.593 e. The van der Waals surface area contributed by atoms with E-state index in [-0.39, 0.29) is 235 Å². The predicted octanol–water partition coefficient (Wildman–Crippen LogP) is 9.77. The Kier molecular flexibility index (Phi) is 124. The SMILES string of the molecule is C.C.CC(=O)OC(C)(C)C.CC(=O)OC(C)(C)C.CC(=O)OC(C)(C)C.CC(=O)OC(C)(C)C.CC(=O)OC(C)(C)C.CC(C)(C)OC([O-])=NN=N.CS(C)(=O)(O)OO.S.S.S.S.S.S.S.S.S.S.S.S. The topological polar surface area (TPSA) is 279 Å². The van der Waals surface area contributed by atoms with Crippen LogP contribution in [0.4, 0.5) is 0 Å². The molecular weight excluding hydrogens is 1180 g/mol. The molecule has 3 N–H and O–H groups in total. The summed E-state index contributed by atoms with van der Waals surface area (Å²) in [5.41, 5.74) is 4.00. The molecule has 0 bridgehead atoms. The van der Waals surface area contributed by atoms with Crippen molar-refractivity contribution in [1.29, 1.82) is 5.53 Å². The van der Waals surface area contributed by atoms with E-state index in [1.807, 2.05) is 104 Å². The monoisotopic (exact) mass is 1290 g/mol. The van der Waals surface area contributed by atoms with E-state index >= 15 is 0 Å². The summed E-state index contributed by atoms with van der Waals surface area (Å²) >= 11 is 0. The highest BCUT2D eigenvalue weighted by Gasteiger charge is 2.19. The molecule has 0 aliphatic rings. The summed E-state index contributed by atoms with van der Waals surface area (Å²) in [5.74, 6) is -1.12. The molecule has 0 radical (unpaired) electrons. The Morgan fingerprint density at radius 3 is 0.563 bits per heavy atom. The first-order valence-corrected chi connectivity index (χ1v) is 20.0. The molecule has 0 unspecified atom stereocenters. The van der Waals surface area contributed by atoms with Gasteiger partial charge < -0.3 is 38.1 Å². The van der Waals surface area contributed by atoms with Gasteiger partial charge in [0.15, 0.2) is 6.08 Å². The Hall–Kier alpha value is 0.450. The Labute approximate surface area is 515 Å². The minimum absolute atomic E-state index is 0. The van der Waals surface area contributed by atoms with Crippen LogP contribution in [0.15, 0.2) is 10.3 Å². The summed E-state index contributed by atoms with van der Waals surface area (Å²) in [7, 11) is -4.06. The van der Waals surface area contributed by atoms with E-state index in [9.17, 15) is 33.3 Å². The summed E-state index contributed by atoms with van der Waals surface area (Å²) in [4.78, 5) is 51.2. The van der Waals surface area contributed by atoms with Crippen LogP contribution in [0, 0.1) is 5.53 Å². The number of esters is 5. The molecule has 0 saturated heterocycles. The third-order valence-electron chi connectivity index (χ3n) is 2.99. The van der Waals surface area contributed by atoms with Crippen LogP contribution in [-0.4, -0.2) is 96.1 Å². The van der Waals surface area contributed by atoms with Gasteiger partial charge in [-0.05, 0) is 104 Å². The van der Waals surface area contributed by atoms with Crippen molar-refractivity contribution in [3.05, 3.63) is 0 Å². The molecule has 0 aliphatic heterocycles. The molecule has 0 atom stereocenters. The van der Waals surface area contributed by atoms with E-state index in [0.717, 1.165) is 12.5 Å². The number of carbonyl (C=O) groups is 5. The molecule has 0 aromatic heterocycles. The van der Waals surface area contributed by atoms with Gasteiger partial charge in [-0.1, -0.05) is 40.8 Å². The van der Waals surface area contributed by atoms with Crippen LogP contribution in [0.1, 0.15) is 174 Å². The lowest BCUT2D eigenvalue weighted by Gasteiger charge is -2.28. The number of nitrogens with one attached hydrogen (secondary N) is 1. The van der Waals surface area contributed by atoms with Crippen LogP contribution in [0.2, 0.25) is 0 Å². The van der Waals surface area contributed by atoms with Gasteiger partial charge >= 0.3 is 29.8 Å². The van der Waals surface area contributed by atoms with E-state index in [1.54, 1.807) is 20.8 Å². The zero-order valence-electron chi connectivity index (χ0n) is 45.4. The van der Waals surface area contributed by atoms with Gasteiger partial charge in [0.1, 0.15) is 37.6 Å². The standard InChI is InChI=1S/5C6H12O2.C5H11N3O2.C2H8O4S.2CH4.12H2S/c5*1-5(7)8-6(2,3)4;1-5(2,3)10-4(9)7-8-6;1-7(2,4,5)6-3;;;;;;;;;;;;;;/h5*1-4H3;1-3H3,(H2,6,7,9);3H,1-2H3,(H,4,5);2*1H4;12*1H2/p-1. The maximum absolute atomic E-state index is 10.5. The van der Waals surface area contributed by atoms with E-state index in [4.69, 9.17) is 39.0 Å². The quantitative estimate of drug-likeness (QED) is 0.0441. The van der Waals surface area contributed by atoms with Crippen molar-refractivity contribution in [2.24, 2.45) is 10.3 Å². The van der Waals surface area contributed by atoms with E-state index in [2.05, 4.69) is 19.4 Å². The van der Waals surface area contributed by atoms with Crippen molar-refractivity contribution in [1.82, 2.24) is 0 Å². The van der Waals surface area contributed by atoms with E-state index < -0.39 is 21.3 Å². The second kappa shape index (κ2) is 63.0. The van der Waals surface area contributed by atoms with Crippen LogP contribution >= 0.6 is 162 Å². The summed E-state index contributed by atoms with van der Waals surface area (Å²) in [5, 5.41) is 23.5. The van der Waals surface area contributed by atoms with Crippen LogP contribution in [0.25, 0.3) is 0 Å². The first-order valence-electron chi connectivity index (χ1n) is 17.3. The van der Waals surface area contributed by atoms with E-state index in [0.29, 0.717) is 0 Å². The van der Waals surface area contributed by atoms with Crippen molar-refractivity contribution in [3.63, 3.8) is 0 Å². The molecule has 0 aliphatic carbocycles. The number of nitrogens with zero attached hydrogens (tertiary/aromatic N) is 2. The van der Waals surface area contributed by atoms with Gasteiger partial charge in [0.25, 0.3) is 0 Å². The first kappa shape index (κ1) is 139. The van der Waals surface area contributed by atoms with Gasteiger partial charge in [-0.3, -0.25) is 24.0 Å². The first-order chi connectivity index (χ1) is 24.3. The molecule has 0 amide bonds. The second-order valence-corrected chi connectivity index (χ2v) is 21.4. The Morgan fingerprint density at radius 1 is 0.408 bits per heavy atom. The molecule has 0 saturated carbocycles. The van der Waals surface area contributed by atoms with Crippen LogP contribution < -0.4 is 5.11 Å². The van der Waals surface area contributed by atoms with Gasteiger partial charge in [-0.2, -0.15) is 167 Å². The minimum atomic E-state index is -4.06. The lowest BCUT2D eigenvalue weighted by Crippen LogP contribution is -2.31. The van der Waals surface area contributed by atoms with Crippen LogP contribution in [0.3, 0.4) is 0 Å². The fourth-order valence-electron chi connectivity index (χ4n) is 2.48. The summed E-state index contributed by atoms with van der Waals surface area (Å²) in [6, 6.07) is 0.